The van der Waals surface area contributed by atoms with Gasteiger partial charge in [-0.25, -0.2) is 9.28 Å². The van der Waals surface area contributed by atoms with E-state index in [0.717, 1.165) is 0 Å². The summed E-state index contributed by atoms with van der Waals surface area (Å²) in [5.41, 5.74) is 0.411. The number of carbonyl (C=O) groups is 2. The lowest BCUT2D eigenvalue weighted by Gasteiger charge is -2.34. The van der Waals surface area contributed by atoms with Gasteiger partial charge in [-0.15, -0.1) is 0 Å². The summed E-state index contributed by atoms with van der Waals surface area (Å²) in [4.78, 5) is 34.1. The average molecular weight is 368 g/mol. The molecule has 1 aromatic carbocycles. The number of aliphatic carboxylic acids is 1. The summed E-state index contributed by atoms with van der Waals surface area (Å²) in [6.07, 6.45) is -0.113. The summed E-state index contributed by atoms with van der Waals surface area (Å²) in [5.74, 6) is -1.18. The summed E-state index contributed by atoms with van der Waals surface area (Å²) in [6.45, 7) is -0.432. The van der Waals surface area contributed by atoms with Gasteiger partial charge in [0.25, 0.3) is 5.69 Å². The van der Waals surface area contributed by atoms with Crippen LogP contribution in [-0.2, 0) is 16.1 Å². The van der Waals surface area contributed by atoms with E-state index in [4.69, 9.17) is 4.74 Å². The first-order valence-electron chi connectivity index (χ1n) is 7.46. The first-order chi connectivity index (χ1) is 11.8. The molecule has 9 nitrogen and oxygen atoms in total. The number of non-ortho nitro benzene ring substituents is 1. The molecule has 0 saturated carbocycles. The van der Waals surface area contributed by atoms with Gasteiger partial charge in [0.15, 0.2) is 6.04 Å². The van der Waals surface area contributed by atoms with E-state index in [1.54, 1.807) is 0 Å². The van der Waals surface area contributed by atoms with Crippen LogP contribution in [0.5, 0.6) is 0 Å². The Morgan fingerprint density at radius 2 is 2.00 bits per heavy atom. The molecule has 1 aliphatic rings. The Labute approximate surface area is 148 Å². The highest BCUT2D eigenvalue weighted by atomic mass is 32.1. The molecule has 1 N–H and O–H groups in total. The van der Waals surface area contributed by atoms with E-state index < -0.39 is 39.1 Å². The monoisotopic (exact) mass is 368 g/mol. The van der Waals surface area contributed by atoms with Crippen molar-refractivity contribution in [1.29, 1.82) is 0 Å². The number of carboxylic acid groups (broad SMARTS) is 1. The SMILES string of the molecule is O=C(O)[C@@H]1CCC[N+]1(CC([O-])=S)C(=O)OCc1ccc([N+](=O)[O-])cc1. The number of nitro groups is 1. The highest BCUT2D eigenvalue weighted by Crippen LogP contribution is 2.29. The summed E-state index contributed by atoms with van der Waals surface area (Å²) >= 11 is 4.54. The Hall–Kier alpha value is -2.59. The number of benzene rings is 1. The predicted octanol–water partition coefficient (Wildman–Crippen LogP) is 0.983. The van der Waals surface area contributed by atoms with Crippen LogP contribution < -0.4 is 5.11 Å². The van der Waals surface area contributed by atoms with Crippen LogP contribution in [0.15, 0.2) is 24.3 Å². The first-order valence-corrected chi connectivity index (χ1v) is 7.87. The molecule has 1 saturated heterocycles. The number of thiocarbonyl (C=S) groups is 1. The number of carbonyl (C=O) groups excluding carboxylic acids is 1. The Morgan fingerprint density at radius 3 is 2.52 bits per heavy atom. The van der Waals surface area contributed by atoms with Gasteiger partial charge in [-0.3, -0.25) is 10.1 Å². The second-order valence-electron chi connectivity index (χ2n) is 5.76. The number of quaternary nitrogens is 1. The lowest BCUT2D eigenvalue weighted by molar-refractivity contribution is -0.854. The standard InChI is InChI=1S/C15H16N2O7S/c18-13(25)8-17(7-1-2-12(17)14(19)20)15(21)24-9-10-3-5-11(6-4-10)16(22)23/h3-6,12H,1-2,7-9H2,(H-,18,19,20,25)/t12-,17?/m0/s1. The van der Waals surface area contributed by atoms with Crippen LogP contribution >= 0.6 is 12.2 Å². The van der Waals surface area contributed by atoms with Crippen molar-refractivity contribution in [3.63, 3.8) is 0 Å². The van der Waals surface area contributed by atoms with Crippen LogP contribution in [0.1, 0.15) is 18.4 Å². The lowest BCUT2D eigenvalue weighted by atomic mass is 10.2. The van der Waals surface area contributed by atoms with Gasteiger partial charge in [0, 0.05) is 25.0 Å². The van der Waals surface area contributed by atoms with Gasteiger partial charge in [-0.1, -0.05) is 12.2 Å². The summed E-state index contributed by atoms with van der Waals surface area (Å²) in [6, 6.07) is 4.35. The van der Waals surface area contributed by atoms with Gasteiger partial charge in [0.2, 0.25) is 0 Å². The fourth-order valence-corrected chi connectivity index (χ4v) is 3.23. The zero-order chi connectivity index (χ0) is 18.6. The number of amides is 1. The number of rotatable bonds is 6. The Bertz CT molecular complexity index is 706. The van der Waals surface area contributed by atoms with Crippen molar-refractivity contribution >= 4 is 35.0 Å². The molecule has 0 aliphatic carbocycles. The van der Waals surface area contributed by atoms with Gasteiger partial charge in [0.05, 0.1) is 11.5 Å². The normalized spacial score (nSPS) is 22.3. The number of ether oxygens (including phenoxy) is 1. The zero-order valence-electron chi connectivity index (χ0n) is 13.1. The van der Waals surface area contributed by atoms with Gasteiger partial charge in [-0.05, 0) is 22.7 Å². The number of hydrogen-bond donors (Lipinski definition) is 1. The molecule has 0 bridgehead atoms. The fraction of sp³-hybridized carbons (Fsp3) is 0.400. The molecule has 0 spiro atoms. The molecule has 1 aromatic rings. The molecule has 2 rings (SSSR count). The maximum atomic E-state index is 12.5. The maximum absolute atomic E-state index is 12.5. The maximum Gasteiger partial charge on any atom is 0.517 e. The molecule has 0 radical (unpaired) electrons. The number of nitro benzene ring substituents is 1. The molecule has 1 amide bonds. The van der Waals surface area contributed by atoms with E-state index in [1.165, 1.54) is 24.3 Å². The van der Waals surface area contributed by atoms with Crippen LogP contribution in [0, 0.1) is 10.1 Å². The van der Waals surface area contributed by atoms with E-state index in [-0.39, 0.29) is 25.3 Å². The minimum atomic E-state index is -1.18. The Kier molecular flexibility index (Phi) is 5.65. The minimum Gasteiger partial charge on any atom is -0.864 e. The van der Waals surface area contributed by atoms with Crippen LogP contribution in [0.3, 0.4) is 0 Å². The average Bonchev–Trinajstić information content (AvgIpc) is 2.97. The van der Waals surface area contributed by atoms with Crippen molar-refractivity contribution in [2.24, 2.45) is 0 Å². The van der Waals surface area contributed by atoms with E-state index in [1.807, 2.05) is 0 Å². The predicted molar refractivity (Wildman–Crippen MR) is 86.5 cm³/mol. The molecule has 2 atom stereocenters. The van der Waals surface area contributed by atoms with Crippen molar-refractivity contribution in [3.05, 3.63) is 39.9 Å². The smallest absolute Gasteiger partial charge is 0.517 e. The molecule has 134 valence electrons. The van der Waals surface area contributed by atoms with E-state index in [0.29, 0.717) is 12.0 Å². The molecule has 1 heterocycles. The number of nitrogens with zero attached hydrogens (tertiary/aromatic N) is 2. The second kappa shape index (κ2) is 7.53. The van der Waals surface area contributed by atoms with E-state index in [2.05, 4.69) is 12.2 Å². The molecule has 1 fully saturated rings. The van der Waals surface area contributed by atoms with Gasteiger partial charge >= 0.3 is 12.1 Å². The van der Waals surface area contributed by atoms with Crippen molar-refractivity contribution in [2.45, 2.75) is 25.5 Å². The summed E-state index contributed by atoms with van der Waals surface area (Å²) in [7, 11) is 0. The van der Waals surface area contributed by atoms with Crippen LogP contribution in [0.25, 0.3) is 0 Å². The first kappa shape index (κ1) is 18.7. The molecule has 25 heavy (non-hydrogen) atoms. The molecular formula is C15H16N2O7S. The van der Waals surface area contributed by atoms with E-state index >= 15 is 0 Å². The molecule has 10 heteroatoms. The highest BCUT2D eigenvalue weighted by molar-refractivity contribution is 7.79. The summed E-state index contributed by atoms with van der Waals surface area (Å²) < 4.78 is 4.55. The number of carboxylic acids is 1. The van der Waals surface area contributed by atoms with Crippen molar-refractivity contribution in [3.8, 4) is 0 Å². The second-order valence-corrected chi connectivity index (χ2v) is 6.22. The van der Waals surface area contributed by atoms with Gasteiger partial charge in [-0.2, -0.15) is 4.79 Å². The van der Waals surface area contributed by atoms with Crippen LogP contribution in [0.4, 0.5) is 10.5 Å². The van der Waals surface area contributed by atoms with E-state index in [9.17, 15) is 29.9 Å². The lowest BCUT2D eigenvalue weighted by Crippen LogP contribution is -2.62. The largest absolute Gasteiger partial charge is 0.864 e. The Balaban J connectivity index is 2.13. The molecule has 1 aliphatic heterocycles. The fourth-order valence-electron chi connectivity index (χ4n) is 2.99. The van der Waals surface area contributed by atoms with Crippen molar-refractivity contribution in [1.82, 2.24) is 0 Å². The summed E-state index contributed by atoms with van der Waals surface area (Å²) in [5, 5.41) is 30.6. The highest BCUT2D eigenvalue weighted by Gasteiger charge is 2.53. The number of hydrogen-bond acceptors (Lipinski definition) is 7. The Morgan fingerprint density at radius 1 is 1.36 bits per heavy atom. The third-order valence-electron chi connectivity index (χ3n) is 4.20. The minimum absolute atomic E-state index is 0.0965. The third-order valence-corrected chi connectivity index (χ3v) is 4.33. The van der Waals surface area contributed by atoms with Crippen LogP contribution in [0.2, 0.25) is 0 Å². The van der Waals surface area contributed by atoms with Gasteiger partial charge < -0.3 is 14.9 Å². The number of likely N-dealkylation sites (tertiary alicyclic amines) is 1. The van der Waals surface area contributed by atoms with Crippen molar-refractivity contribution < 1.29 is 33.9 Å². The molecular weight excluding hydrogens is 352 g/mol. The quantitative estimate of drug-likeness (QED) is 0.340. The van der Waals surface area contributed by atoms with Crippen LogP contribution in [-0.4, -0.2) is 50.8 Å². The molecule has 1 unspecified atom stereocenters. The molecule has 0 aromatic heterocycles. The topological polar surface area (TPSA) is 130 Å². The van der Waals surface area contributed by atoms with Gasteiger partial charge in [0.1, 0.15) is 13.2 Å². The zero-order valence-corrected chi connectivity index (χ0v) is 13.9. The van der Waals surface area contributed by atoms with Crippen molar-refractivity contribution in [2.75, 3.05) is 13.1 Å². The third kappa shape index (κ3) is 4.09.